The number of hydrogen-bond acceptors (Lipinski definition) is 4. The average Bonchev–Trinajstić information content (AvgIpc) is 2.38. The van der Waals surface area contributed by atoms with Crippen molar-refractivity contribution in [3.8, 4) is 0 Å². The first-order chi connectivity index (χ1) is 9.63. The quantitative estimate of drug-likeness (QED) is 0.825. The first-order valence-electron chi connectivity index (χ1n) is 7.99. The van der Waals surface area contributed by atoms with E-state index in [1.807, 2.05) is 13.0 Å². The van der Waals surface area contributed by atoms with Gasteiger partial charge in [0.1, 0.15) is 17.5 Å². The summed E-state index contributed by atoms with van der Waals surface area (Å²) in [6.45, 7) is 7.41. The Labute approximate surface area is 122 Å². The monoisotopic (exact) mass is 276 g/mol. The van der Waals surface area contributed by atoms with Crippen LogP contribution in [0.1, 0.15) is 58.2 Å². The van der Waals surface area contributed by atoms with Crippen LogP contribution < -0.4 is 10.6 Å². The van der Waals surface area contributed by atoms with Crippen LogP contribution in [0.2, 0.25) is 0 Å². The molecule has 2 N–H and O–H groups in total. The van der Waals surface area contributed by atoms with Gasteiger partial charge in [-0.1, -0.05) is 33.1 Å². The molecule has 0 aliphatic heterocycles. The number of aromatic nitrogens is 2. The molecule has 1 saturated carbocycles. The Morgan fingerprint density at radius 3 is 2.55 bits per heavy atom. The van der Waals surface area contributed by atoms with E-state index in [0.29, 0.717) is 12.0 Å². The van der Waals surface area contributed by atoms with Crippen molar-refractivity contribution in [3.63, 3.8) is 0 Å². The summed E-state index contributed by atoms with van der Waals surface area (Å²) in [5, 5.41) is 6.97. The molecule has 1 aliphatic carbocycles. The molecule has 0 radical (unpaired) electrons. The normalized spacial score (nSPS) is 16.4. The highest BCUT2D eigenvalue weighted by Gasteiger charge is 2.14. The van der Waals surface area contributed by atoms with E-state index in [1.54, 1.807) is 0 Å². The molecule has 112 valence electrons. The first kappa shape index (κ1) is 15.1. The molecule has 0 saturated heterocycles. The zero-order valence-corrected chi connectivity index (χ0v) is 13.1. The van der Waals surface area contributed by atoms with Gasteiger partial charge in [0, 0.05) is 18.7 Å². The van der Waals surface area contributed by atoms with Crippen molar-refractivity contribution in [2.75, 3.05) is 17.2 Å². The number of nitrogens with zero attached hydrogens (tertiary/aromatic N) is 2. The average molecular weight is 276 g/mol. The van der Waals surface area contributed by atoms with E-state index in [2.05, 4.69) is 34.4 Å². The Morgan fingerprint density at radius 1 is 1.15 bits per heavy atom. The molecule has 1 aromatic heterocycles. The molecule has 1 fully saturated rings. The van der Waals surface area contributed by atoms with Gasteiger partial charge in [-0.15, -0.1) is 0 Å². The van der Waals surface area contributed by atoms with Crippen LogP contribution in [0.3, 0.4) is 0 Å². The van der Waals surface area contributed by atoms with Gasteiger partial charge < -0.3 is 10.6 Å². The molecule has 0 unspecified atom stereocenters. The molecule has 1 heterocycles. The molecule has 0 amide bonds. The molecule has 4 nitrogen and oxygen atoms in total. The minimum absolute atomic E-state index is 0.585. The lowest BCUT2D eigenvalue weighted by atomic mass is 9.95. The maximum Gasteiger partial charge on any atom is 0.132 e. The lowest BCUT2D eigenvalue weighted by Crippen LogP contribution is -2.23. The zero-order chi connectivity index (χ0) is 14.4. The summed E-state index contributed by atoms with van der Waals surface area (Å²) in [4.78, 5) is 8.97. The third-order valence-electron chi connectivity index (χ3n) is 3.82. The van der Waals surface area contributed by atoms with Crippen molar-refractivity contribution in [1.29, 1.82) is 0 Å². The van der Waals surface area contributed by atoms with Crippen LogP contribution in [0.4, 0.5) is 11.6 Å². The Morgan fingerprint density at radius 2 is 1.85 bits per heavy atom. The summed E-state index contributed by atoms with van der Waals surface area (Å²) in [7, 11) is 0. The van der Waals surface area contributed by atoms with Crippen LogP contribution in [-0.4, -0.2) is 22.6 Å². The van der Waals surface area contributed by atoms with Crippen molar-refractivity contribution in [3.05, 3.63) is 11.9 Å². The molecule has 1 aliphatic rings. The highest BCUT2D eigenvalue weighted by atomic mass is 15.1. The van der Waals surface area contributed by atoms with Gasteiger partial charge in [-0.2, -0.15) is 0 Å². The van der Waals surface area contributed by atoms with Gasteiger partial charge in [0.15, 0.2) is 0 Å². The molecule has 0 bridgehead atoms. The first-order valence-corrected chi connectivity index (χ1v) is 7.99. The molecule has 0 spiro atoms. The minimum Gasteiger partial charge on any atom is -0.370 e. The number of hydrogen-bond donors (Lipinski definition) is 2. The highest BCUT2D eigenvalue weighted by Crippen LogP contribution is 2.21. The molecule has 20 heavy (non-hydrogen) atoms. The smallest absolute Gasteiger partial charge is 0.132 e. The van der Waals surface area contributed by atoms with Gasteiger partial charge >= 0.3 is 0 Å². The number of rotatable bonds is 6. The van der Waals surface area contributed by atoms with Crippen molar-refractivity contribution >= 4 is 11.6 Å². The Balaban J connectivity index is 1.93. The van der Waals surface area contributed by atoms with E-state index < -0.39 is 0 Å². The summed E-state index contributed by atoms with van der Waals surface area (Å²) in [5.74, 6) is 3.45. The topological polar surface area (TPSA) is 49.8 Å². The van der Waals surface area contributed by atoms with Crippen LogP contribution in [-0.2, 0) is 0 Å². The van der Waals surface area contributed by atoms with E-state index in [0.717, 1.165) is 30.4 Å². The van der Waals surface area contributed by atoms with Crippen LogP contribution in [0.15, 0.2) is 6.07 Å². The molecule has 2 rings (SSSR count). The van der Waals surface area contributed by atoms with Gasteiger partial charge in [0.05, 0.1) is 0 Å². The van der Waals surface area contributed by atoms with Crippen LogP contribution in [0.5, 0.6) is 0 Å². The third kappa shape index (κ3) is 4.99. The second-order valence-corrected chi connectivity index (χ2v) is 6.27. The Kier molecular flexibility index (Phi) is 5.62. The number of nitrogens with one attached hydrogen (secondary N) is 2. The van der Waals surface area contributed by atoms with Crippen molar-refractivity contribution in [2.45, 2.75) is 65.3 Å². The van der Waals surface area contributed by atoms with E-state index in [4.69, 9.17) is 0 Å². The van der Waals surface area contributed by atoms with E-state index >= 15 is 0 Å². The standard InChI is InChI=1S/C16H28N4/c1-12(2)9-10-17-15-11-16(19-13(3)18-15)20-14-7-5-4-6-8-14/h11-12,14H,4-10H2,1-3H3,(H2,17,18,19,20). The van der Waals surface area contributed by atoms with Gasteiger partial charge in [0.2, 0.25) is 0 Å². The van der Waals surface area contributed by atoms with Crippen molar-refractivity contribution in [1.82, 2.24) is 9.97 Å². The maximum absolute atomic E-state index is 4.51. The van der Waals surface area contributed by atoms with Crippen LogP contribution in [0, 0.1) is 12.8 Å². The predicted octanol–water partition coefficient (Wildman–Crippen LogP) is 3.99. The summed E-state index contributed by atoms with van der Waals surface area (Å²) in [6.07, 6.45) is 7.73. The molecule has 0 atom stereocenters. The second kappa shape index (κ2) is 7.46. The Hall–Kier alpha value is -1.32. The molecular weight excluding hydrogens is 248 g/mol. The van der Waals surface area contributed by atoms with E-state index in [9.17, 15) is 0 Å². The lowest BCUT2D eigenvalue weighted by molar-refractivity contribution is 0.462. The second-order valence-electron chi connectivity index (χ2n) is 6.27. The Bertz CT molecular complexity index is 411. The molecular formula is C16H28N4. The fourth-order valence-electron chi connectivity index (χ4n) is 2.68. The summed E-state index contributed by atoms with van der Waals surface area (Å²) >= 11 is 0. The molecule has 4 heteroatoms. The fourth-order valence-corrected chi connectivity index (χ4v) is 2.68. The van der Waals surface area contributed by atoms with Gasteiger partial charge in [-0.25, -0.2) is 9.97 Å². The van der Waals surface area contributed by atoms with Crippen molar-refractivity contribution < 1.29 is 0 Å². The zero-order valence-electron chi connectivity index (χ0n) is 13.1. The third-order valence-corrected chi connectivity index (χ3v) is 3.82. The lowest BCUT2D eigenvalue weighted by Gasteiger charge is -2.23. The maximum atomic E-state index is 4.51. The summed E-state index contributed by atoms with van der Waals surface area (Å²) < 4.78 is 0. The van der Waals surface area contributed by atoms with Crippen LogP contribution >= 0.6 is 0 Å². The van der Waals surface area contributed by atoms with Crippen LogP contribution in [0.25, 0.3) is 0 Å². The molecule has 0 aromatic carbocycles. The van der Waals surface area contributed by atoms with Gasteiger partial charge in [-0.05, 0) is 32.1 Å². The number of aryl methyl sites for hydroxylation is 1. The summed E-state index contributed by atoms with van der Waals surface area (Å²) in [6, 6.07) is 2.63. The van der Waals surface area contributed by atoms with Gasteiger partial charge in [-0.3, -0.25) is 0 Å². The van der Waals surface area contributed by atoms with E-state index in [-0.39, 0.29) is 0 Å². The largest absolute Gasteiger partial charge is 0.370 e. The highest BCUT2D eigenvalue weighted by molar-refractivity contribution is 5.48. The summed E-state index contributed by atoms with van der Waals surface area (Å²) in [5.41, 5.74) is 0. The predicted molar refractivity (Wildman–Crippen MR) is 85.2 cm³/mol. The molecule has 1 aromatic rings. The fraction of sp³-hybridized carbons (Fsp3) is 0.750. The minimum atomic E-state index is 0.585. The number of anilines is 2. The van der Waals surface area contributed by atoms with E-state index in [1.165, 1.54) is 32.1 Å². The van der Waals surface area contributed by atoms with Crippen molar-refractivity contribution in [2.24, 2.45) is 5.92 Å². The SMILES string of the molecule is Cc1nc(NCCC(C)C)cc(NC2CCCCC2)n1. The van der Waals surface area contributed by atoms with Gasteiger partial charge in [0.25, 0.3) is 0 Å².